The van der Waals surface area contributed by atoms with Crippen LogP contribution >= 0.6 is 8.60 Å². The van der Waals surface area contributed by atoms with E-state index in [-0.39, 0.29) is 11.9 Å². The second-order valence-electron chi connectivity index (χ2n) is 4.17. The summed E-state index contributed by atoms with van der Waals surface area (Å²) in [7, 11) is -1.22. The van der Waals surface area contributed by atoms with E-state index in [9.17, 15) is 4.79 Å². The summed E-state index contributed by atoms with van der Waals surface area (Å²) in [5.74, 6) is 0.0680. The lowest BCUT2D eigenvalue weighted by Crippen LogP contribution is -2.08. The molecule has 1 atom stereocenters. The van der Waals surface area contributed by atoms with Gasteiger partial charge >= 0.3 is 8.60 Å². The van der Waals surface area contributed by atoms with Crippen molar-refractivity contribution in [1.82, 2.24) is 0 Å². The molecule has 18 heavy (non-hydrogen) atoms. The van der Waals surface area contributed by atoms with Gasteiger partial charge in [0.25, 0.3) is 0 Å². The first-order valence-corrected chi connectivity index (χ1v) is 7.10. The lowest BCUT2D eigenvalue weighted by atomic mass is 10.1. The van der Waals surface area contributed by atoms with Crippen molar-refractivity contribution in [3.05, 3.63) is 35.4 Å². The highest BCUT2D eigenvalue weighted by Gasteiger charge is 2.20. The molecule has 1 saturated heterocycles. The highest BCUT2D eigenvalue weighted by molar-refractivity contribution is 7.41. The minimum Gasteiger partial charge on any atom is -0.312 e. The zero-order valence-corrected chi connectivity index (χ0v) is 11.5. The molecule has 0 saturated carbocycles. The van der Waals surface area contributed by atoms with E-state index in [2.05, 4.69) is 0 Å². The van der Waals surface area contributed by atoms with Crippen molar-refractivity contribution in [3.8, 4) is 0 Å². The Labute approximate surface area is 108 Å². The molecule has 0 aromatic heterocycles. The van der Waals surface area contributed by atoms with Crippen LogP contribution in [-0.2, 0) is 13.6 Å². The second-order valence-corrected chi connectivity index (χ2v) is 5.34. The van der Waals surface area contributed by atoms with Crippen LogP contribution < -0.4 is 0 Å². The van der Waals surface area contributed by atoms with Crippen molar-refractivity contribution in [2.45, 2.75) is 26.4 Å². The van der Waals surface area contributed by atoms with Crippen molar-refractivity contribution < 1.29 is 18.4 Å². The van der Waals surface area contributed by atoms with Gasteiger partial charge in [0.15, 0.2) is 5.78 Å². The van der Waals surface area contributed by atoms with Gasteiger partial charge in [-0.25, -0.2) is 0 Å². The lowest BCUT2D eigenvalue weighted by Gasteiger charge is -2.24. The van der Waals surface area contributed by atoms with E-state index in [0.717, 1.165) is 12.0 Å². The molecule has 0 bridgehead atoms. The van der Waals surface area contributed by atoms with Crippen LogP contribution in [0.2, 0.25) is 0 Å². The number of Topliss-reactive ketones (excluding diaryl/α,β-unsaturated/α-hetero) is 1. The van der Waals surface area contributed by atoms with Gasteiger partial charge in [0.05, 0.1) is 19.3 Å². The van der Waals surface area contributed by atoms with Crippen molar-refractivity contribution in [1.29, 1.82) is 0 Å². The predicted molar refractivity (Wildman–Crippen MR) is 69.4 cm³/mol. The largest absolute Gasteiger partial charge is 0.333 e. The van der Waals surface area contributed by atoms with Crippen LogP contribution in [0.4, 0.5) is 0 Å². The van der Waals surface area contributed by atoms with Gasteiger partial charge in [-0.15, -0.1) is 0 Å². The molecule has 0 spiro atoms. The van der Waals surface area contributed by atoms with Gasteiger partial charge in [-0.1, -0.05) is 24.3 Å². The van der Waals surface area contributed by atoms with Gasteiger partial charge in [-0.05, 0) is 25.8 Å². The number of hydrogen-bond donors (Lipinski definition) is 0. The minimum absolute atomic E-state index is 0.0680. The summed E-state index contributed by atoms with van der Waals surface area (Å²) in [6.45, 7) is 4.90. The van der Waals surface area contributed by atoms with E-state index in [4.69, 9.17) is 13.6 Å². The third-order valence-corrected chi connectivity index (χ3v) is 3.99. The van der Waals surface area contributed by atoms with Crippen molar-refractivity contribution in [2.75, 3.05) is 13.2 Å². The highest BCUT2D eigenvalue weighted by Crippen LogP contribution is 2.46. The van der Waals surface area contributed by atoms with Gasteiger partial charge < -0.3 is 13.6 Å². The zero-order valence-electron chi connectivity index (χ0n) is 10.6. The average Bonchev–Trinajstić information content (AvgIpc) is 2.40. The molecule has 2 rings (SSSR count). The predicted octanol–water partition coefficient (Wildman–Crippen LogP) is 3.63. The van der Waals surface area contributed by atoms with Crippen LogP contribution in [0.15, 0.2) is 24.3 Å². The maximum atomic E-state index is 11.2. The average molecular weight is 268 g/mol. The third kappa shape index (κ3) is 3.59. The lowest BCUT2D eigenvalue weighted by molar-refractivity contribution is 0.0915. The number of rotatable bonds is 4. The molecular weight excluding hydrogens is 251 g/mol. The molecular formula is C13H17O4P. The molecule has 0 radical (unpaired) electrons. The molecule has 1 aliphatic heterocycles. The normalized spacial score (nSPS) is 18.6. The van der Waals surface area contributed by atoms with E-state index in [1.54, 1.807) is 6.92 Å². The Bertz CT molecular complexity index is 398. The van der Waals surface area contributed by atoms with Crippen LogP contribution in [0.3, 0.4) is 0 Å². The molecule has 1 fully saturated rings. The SMILES string of the molecule is CC(=O)c1ccc(C(C)OP2OCCCO2)cc1. The first kappa shape index (κ1) is 13.6. The Balaban J connectivity index is 1.95. The minimum atomic E-state index is -1.22. The quantitative estimate of drug-likeness (QED) is 0.618. The maximum Gasteiger partial charge on any atom is 0.333 e. The summed E-state index contributed by atoms with van der Waals surface area (Å²) in [6.07, 6.45) is 0.819. The number of benzene rings is 1. The molecule has 1 heterocycles. The second kappa shape index (κ2) is 6.39. The summed E-state index contributed by atoms with van der Waals surface area (Å²) in [6, 6.07) is 7.43. The van der Waals surface area contributed by atoms with Crippen LogP contribution in [0, 0.1) is 0 Å². The van der Waals surface area contributed by atoms with Crippen LogP contribution in [0.25, 0.3) is 0 Å². The molecule has 0 aliphatic carbocycles. The molecule has 1 aromatic carbocycles. The Morgan fingerprint density at radius 2 is 1.89 bits per heavy atom. The molecule has 1 aromatic rings. The topological polar surface area (TPSA) is 44.8 Å². The standard InChI is InChI=1S/C13H17O4P/c1-10(14)12-4-6-13(7-5-12)11(2)17-18-15-8-3-9-16-18/h4-7,11H,3,8-9H2,1-2H3. The molecule has 98 valence electrons. The molecule has 1 unspecified atom stereocenters. The van der Waals surface area contributed by atoms with Gasteiger partial charge in [0.2, 0.25) is 0 Å². The summed E-state index contributed by atoms with van der Waals surface area (Å²) in [5.41, 5.74) is 1.72. The Morgan fingerprint density at radius 3 is 2.44 bits per heavy atom. The van der Waals surface area contributed by atoms with E-state index in [1.807, 2.05) is 31.2 Å². The smallest absolute Gasteiger partial charge is 0.312 e. The van der Waals surface area contributed by atoms with Crippen LogP contribution in [0.5, 0.6) is 0 Å². The fourth-order valence-electron chi connectivity index (χ4n) is 1.61. The van der Waals surface area contributed by atoms with E-state index in [1.165, 1.54) is 0 Å². The molecule has 5 heteroatoms. The highest BCUT2D eigenvalue weighted by atomic mass is 31.2. The van der Waals surface area contributed by atoms with Crippen molar-refractivity contribution in [2.24, 2.45) is 0 Å². The number of hydrogen-bond acceptors (Lipinski definition) is 4. The first-order chi connectivity index (χ1) is 8.66. The molecule has 0 N–H and O–H groups in total. The summed E-state index contributed by atoms with van der Waals surface area (Å²) in [5, 5.41) is 0. The van der Waals surface area contributed by atoms with Crippen molar-refractivity contribution >= 4 is 14.4 Å². The fourth-order valence-corrected chi connectivity index (χ4v) is 2.75. The van der Waals surface area contributed by atoms with Crippen LogP contribution in [0.1, 0.15) is 42.3 Å². The Hall–Kier alpha value is -0.800. The van der Waals surface area contributed by atoms with Gasteiger partial charge in [0.1, 0.15) is 0 Å². The number of ketones is 1. The molecule has 0 amide bonds. The number of carbonyl (C=O) groups excluding carboxylic acids is 1. The monoisotopic (exact) mass is 268 g/mol. The van der Waals surface area contributed by atoms with Gasteiger partial charge in [0, 0.05) is 5.56 Å². The first-order valence-electron chi connectivity index (χ1n) is 6.00. The summed E-state index contributed by atoms with van der Waals surface area (Å²) in [4.78, 5) is 11.2. The van der Waals surface area contributed by atoms with Crippen molar-refractivity contribution in [3.63, 3.8) is 0 Å². The molecule has 4 nitrogen and oxygen atoms in total. The van der Waals surface area contributed by atoms with Crippen LogP contribution in [-0.4, -0.2) is 19.0 Å². The zero-order chi connectivity index (χ0) is 13.0. The third-order valence-electron chi connectivity index (χ3n) is 2.71. The fraction of sp³-hybridized carbons (Fsp3) is 0.462. The van der Waals surface area contributed by atoms with Gasteiger partial charge in [-0.2, -0.15) is 0 Å². The summed E-state index contributed by atoms with van der Waals surface area (Å²) >= 11 is 0. The van der Waals surface area contributed by atoms with E-state index in [0.29, 0.717) is 18.8 Å². The van der Waals surface area contributed by atoms with E-state index >= 15 is 0 Å². The molecule has 1 aliphatic rings. The number of carbonyl (C=O) groups is 1. The van der Waals surface area contributed by atoms with E-state index < -0.39 is 8.60 Å². The summed E-state index contributed by atoms with van der Waals surface area (Å²) < 4.78 is 16.5. The Morgan fingerprint density at radius 1 is 1.28 bits per heavy atom. The Kier molecular flexibility index (Phi) is 4.84. The van der Waals surface area contributed by atoms with Gasteiger partial charge in [-0.3, -0.25) is 4.79 Å². The maximum absolute atomic E-state index is 11.2.